The van der Waals surface area contributed by atoms with Gasteiger partial charge < -0.3 is 10.6 Å². The molecule has 0 unspecified atom stereocenters. The van der Waals surface area contributed by atoms with E-state index in [9.17, 15) is 9.59 Å². The lowest BCUT2D eigenvalue weighted by Crippen LogP contribution is -2.33. The van der Waals surface area contributed by atoms with E-state index in [2.05, 4.69) is 20.8 Å². The van der Waals surface area contributed by atoms with Crippen LogP contribution in [0.2, 0.25) is 5.02 Å². The predicted octanol–water partition coefficient (Wildman–Crippen LogP) is 1.28. The van der Waals surface area contributed by atoms with Crippen LogP contribution in [-0.2, 0) is 4.79 Å². The van der Waals surface area contributed by atoms with E-state index in [0.717, 1.165) is 12.8 Å². The Morgan fingerprint density at radius 2 is 2.21 bits per heavy atom. The van der Waals surface area contributed by atoms with Gasteiger partial charge in [-0.05, 0) is 12.8 Å². The molecule has 19 heavy (non-hydrogen) atoms. The number of nitrogens with zero attached hydrogens (tertiary/aromatic N) is 1. The Morgan fingerprint density at radius 1 is 1.47 bits per heavy atom. The van der Waals surface area contributed by atoms with Gasteiger partial charge in [-0.1, -0.05) is 24.4 Å². The first-order valence-electron chi connectivity index (χ1n) is 6.43. The highest BCUT2D eigenvalue weighted by Crippen LogP contribution is 2.17. The summed E-state index contributed by atoms with van der Waals surface area (Å²) in [6, 6.07) is 0.331. The number of nitrogens with one attached hydrogen (secondary N) is 3. The molecule has 1 heterocycles. The van der Waals surface area contributed by atoms with Gasteiger partial charge in [-0.3, -0.25) is 9.59 Å². The first-order valence-corrected chi connectivity index (χ1v) is 6.81. The molecule has 0 atom stereocenters. The van der Waals surface area contributed by atoms with Crippen molar-refractivity contribution in [3.05, 3.63) is 21.6 Å². The third-order valence-corrected chi connectivity index (χ3v) is 3.56. The molecule has 1 amide bonds. The molecular weight excluding hydrogens is 268 g/mol. The number of hydrogen-bond donors (Lipinski definition) is 3. The fraction of sp³-hybridized carbons (Fsp3) is 0.583. The smallest absolute Gasteiger partial charge is 0.285 e. The quantitative estimate of drug-likeness (QED) is 0.760. The van der Waals surface area contributed by atoms with E-state index in [1.54, 1.807) is 0 Å². The van der Waals surface area contributed by atoms with Crippen LogP contribution < -0.4 is 16.2 Å². The highest BCUT2D eigenvalue weighted by molar-refractivity contribution is 6.32. The minimum Gasteiger partial charge on any atom is -0.382 e. The third-order valence-electron chi connectivity index (χ3n) is 3.18. The lowest BCUT2D eigenvalue weighted by molar-refractivity contribution is -0.121. The van der Waals surface area contributed by atoms with E-state index in [-0.39, 0.29) is 10.9 Å². The van der Waals surface area contributed by atoms with Gasteiger partial charge in [-0.15, -0.1) is 0 Å². The number of carbonyl (C=O) groups excluding carboxylic acids is 1. The van der Waals surface area contributed by atoms with Crippen molar-refractivity contribution >= 4 is 23.2 Å². The Hall–Kier alpha value is -1.56. The summed E-state index contributed by atoms with van der Waals surface area (Å²) < 4.78 is 0. The van der Waals surface area contributed by atoms with Crippen molar-refractivity contribution in [1.29, 1.82) is 0 Å². The number of anilines is 1. The van der Waals surface area contributed by atoms with Gasteiger partial charge in [0.15, 0.2) is 0 Å². The lowest BCUT2D eigenvalue weighted by Gasteiger charge is -2.12. The summed E-state index contributed by atoms with van der Waals surface area (Å²) in [5, 5.41) is 11.9. The molecule has 3 N–H and O–H groups in total. The summed E-state index contributed by atoms with van der Waals surface area (Å²) in [4.78, 5) is 22.9. The van der Waals surface area contributed by atoms with Crippen LogP contribution in [0.1, 0.15) is 32.1 Å². The summed E-state index contributed by atoms with van der Waals surface area (Å²) >= 11 is 5.80. The summed E-state index contributed by atoms with van der Waals surface area (Å²) in [5.74, 6) is 0.0216. The average molecular weight is 285 g/mol. The van der Waals surface area contributed by atoms with Crippen LogP contribution in [0, 0.1) is 0 Å². The molecule has 1 fully saturated rings. The monoisotopic (exact) mass is 284 g/mol. The summed E-state index contributed by atoms with van der Waals surface area (Å²) in [6.07, 6.45) is 6.30. The van der Waals surface area contributed by atoms with Gasteiger partial charge in [-0.2, -0.15) is 5.10 Å². The average Bonchev–Trinajstić information content (AvgIpc) is 2.87. The van der Waals surface area contributed by atoms with E-state index in [0.29, 0.717) is 24.7 Å². The third kappa shape index (κ3) is 3.96. The van der Waals surface area contributed by atoms with Gasteiger partial charge in [0.2, 0.25) is 5.91 Å². The van der Waals surface area contributed by atoms with Crippen LogP contribution >= 0.6 is 11.6 Å². The van der Waals surface area contributed by atoms with E-state index in [4.69, 9.17) is 11.6 Å². The molecule has 0 radical (unpaired) electrons. The molecule has 0 aliphatic heterocycles. The lowest BCUT2D eigenvalue weighted by atomic mass is 10.2. The van der Waals surface area contributed by atoms with Gasteiger partial charge in [-0.25, -0.2) is 5.10 Å². The molecule has 1 saturated carbocycles. The normalized spacial score (nSPS) is 15.4. The first kappa shape index (κ1) is 13.9. The van der Waals surface area contributed by atoms with Crippen LogP contribution in [0.4, 0.5) is 5.69 Å². The Morgan fingerprint density at radius 3 is 2.95 bits per heavy atom. The van der Waals surface area contributed by atoms with E-state index in [1.807, 2.05) is 0 Å². The number of hydrogen-bond acceptors (Lipinski definition) is 4. The number of amides is 1. The molecule has 0 bridgehead atoms. The maximum atomic E-state index is 11.7. The maximum absolute atomic E-state index is 11.7. The van der Waals surface area contributed by atoms with Gasteiger partial charge in [0, 0.05) is 19.0 Å². The molecule has 1 aromatic rings. The fourth-order valence-corrected chi connectivity index (χ4v) is 2.35. The van der Waals surface area contributed by atoms with Crippen molar-refractivity contribution in [1.82, 2.24) is 15.5 Å². The number of aromatic amines is 1. The first-order chi connectivity index (χ1) is 9.16. The molecule has 6 nitrogen and oxygen atoms in total. The van der Waals surface area contributed by atoms with Crippen LogP contribution in [-0.4, -0.2) is 28.7 Å². The van der Waals surface area contributed by atoms with Gasteiger partial charge >= 0.3 is 0 Å². The number of halogens is 1. The Balaban J connectivity index is 1.75. The molecule has 1 aromatic heterocycles. The van der Waals surface area contributed by atoms with Crippen molar-refractivity contribution in [2.45, 2.75) is 38.1 Å². The van der Waals surface area contributed by atoms with E-state index in [1.165, 1.54) is 19.0 Å². The van der Waals surface area contributed by atoms with E-state index >= 15 is 0 Å². The van der Waals surface area contributed by atoms with Crippen molar-refractivity contribution in [2.24, 2.45) is 0 Å². The van der Waals surface area contributed by atoms with Gasteiger partial charge in [0.05, 0.1) is 11.9 Å². The molecule has 104 valence electrons. The standard InChI is InChI=1S/C12H17ClN4O2/c13-11-9(7-15-17-12(11)19)14-6-5-10(18)16-8-3-1-2-4-8/h7-8H,1-6H2,(H,16,18)(H2,14,17,19). The highest BCUT2D eigenvalue weighted by atomic mass is 35.5. The van der Waals surface area contributed by atoms with Crippen molar-refractivity contribution in [2.75, 3.05) is 11.9 Å². The fourth-order valence-electron chi connectivity index (χ4n) is 2.19. The Labute approximate surface area is 115 Å². The highest BCUT2D eigenvalue weighted by Gasteiger charge is 2.16. The van der Waals surface area contributed by atoms with Crippen LogP contribution in [0.3, 0.4) is 0 Å². The van der Waals surface area contributed by atoms with E-state index < -0.39 is 5.56 Å². The summed E-state index contributed by atoms with van der Waals surface area (Å²) in [6.45, 7) is 0.420. The van der Waals surface area contributed by atoms with Crippen LogP contribution in [0.15, 0.2) is 11.0 Å². The van der Waals surface area contributed by atoms with Crippen molar-refractivity contribution in [3.63, 3.8) is 0 Å². The largest absolute Gasteiger partial charge is 0.382 e. The summed E-state index contributed by atoms with van der Waals surface area (Å²) in [7, 11) is 0. The second kappa shape index (κ2) is 6.56. The Bertz CT molecular complexity index is 497. The van der Waals surface area contributed by atoms with Gasteiger partial charge in [0.1, 0.15) is 5.02 Å². The zero-order valence-electron chi connectivity index (χ0n) is 10.5. The zero-order chi connectivity index (χ0) is 13.7. The maximum Gasteiger partial charge on any atom is 0.285 e. The molecule has 1 aliphatic carbocycles. The molecule has 2 rings (SSSR count). The molecule has 1 aliphatic rings. The van der Waals surface area contributed by atoms with Crippen molar-refractivity contribution < 1.29 is 4.79 Å². The molecule has 0 spiro atoms. The SMILES string of the molecule is O=C(CCNc1cn[nH]c(=O)c1Cl)NC1CCCC1. The molecule has 0 saturated heterocycles. The van der Waals surface area contributed by atoms with Gasteiger partial charge in [0.25, 0.3) is 5.56 Å². The number of H-pyrrole nitrogens is 1. The second-order valence-electron chi connectivity index (χ2n) is 4.65. The Kier molecular flexibility index (Phi) is 4.79. The molecule has 0 aromatic carbocycles. The minimum atomic E-state index is -0.443. The molecular formula is C12H17ClN4O2. The predicted molar refractivity (Wildman–Crippen MR) is 73.4 cm³/mol. The number of aromatic nitrogens is 2. The number of rotatable bonds is 5. The topological polar surface area (TPSA) is 86.9 Å². The summed E-state index contributed by atoms with van der Waals surface area (Å²) in [5.41, 5.74) is 0.00107. The zero-order valence-corrected chi connectivity index (χ0v) is 11.3. The molecule has 7 heteroatoms. The van der Waals surface area contributed by atoms with Crippen LogP contribution in [0.25, 0.3) is 0 Å². The second-order valence-corrected chi connectivity index (χ2v) is 5.03. The minimum absolute atomic E-state index is 0.0216. The van der Waals surface area contributed by atoms with Crippen LogP contribution in [0.5, 0.6) is 0 Å². The number of carbonyl (C=O) groups is 1. The van der Waals surface area contributed by atoms with Crippen molar-refractivity contribution in [3.8, 4) is 0 Å².